The largest absolute Gasteiger partial charge is 0.502 e. The fourth-order valence-electron chi connectivity index (χ4n) is 2.49. The Balaban J connectivity index is 1.85. The SMILES string of the molecule is COc1cc(/C=N/NC(=O)c2n[nH]c(=O)c3ccccc23)cc(OC)c1O. The fourth-order valence-corrected chi connectivity index (χ4v) is 2.49. The van der Waals surface area contributed by atoms with Crippen LogP contribution >= 0.6 is 0 Å². The number of hydrogen-bond acceptors (Lipinski definition) is 7. The predicted molar refractivity (Wildman–Crippen MR) is 98.6 cm³/mol. The molecule has 0 aliphatic rings. The molecule has 0 aliphatic heterocycles. The number of phenolic OH excluding ortho intramolecular Hbond substituents is 1. The van der Waals surface area contributed by atoms with Crippen molar-refractivity contribution in [3.05, 3.63) is 58.0 Å². The summed E-state index contributed by atoms with van der Waals surface area (Å²) >= 11 is 0. The highest BCUT2D eigenvalue weighted by atomic mass is 16.5. The zero-order valence-corrected chi connectivity index (χ0v) is 14.5. The summed E-state index contributed by atoms with van der Waals surface area (Å²) in [7, 11) is 2.81. The molecule has 1 amide bonds. The fraction of sp³-hybridized carbons (Fsp3) is 0.111. The molecule has 9 nitrogen and oxygen atoms in total. The summed E-state index contributed by atoms with van der Waals surface area (Å²) in [6, 6.07) is 9.70. The van der Waals surface area contributed by atoms with Crippen LogP contribution in [-0.4, -0.2) is 41.6 Å². The van der Waals surface area contributed by atoms with Crippen LogP contribution in [0.5, 0.6) is 17.2 Å². The number of amides is 1. The van der Waals surface area contributed by atoms with E-state index in [1.807, 2.05) is 0 Å². The van der Waals surface area contributed by atoms with Crippen molar-refractivity contribution in [1.29, 1.82) is 0 Å². The van der Waals surface area contributed by atoms with Gasteiger partial charge in [-0.15, -0.1) is 0 Å². The van der Waals surface area contributed by atoms with Crippen LogP contribution < -0.4 is 20.5 Å². The number of carbonyl (C=O) groups is 1. The van der Waals surface area contributed by atoms with Gasteiger partial charge in [0, 0.05) is 10.9 Å². The minimum Gasteiger partial charge on any atom is -0.502 e. The van der Waals surface area contributed by atoms with Crippen molar-refractivity contribution in [3.63, 3.8) is 0 Å². The Morgan fingerprint density at radius 2 is 1.81 bits per heavy atom. The van der Waals surface area contributed by atoms with Crippen LogP contribution in [0.25, 0.3) is 10.8 Å². The van der Waals surface area contributed by atoms with E-state index in [0.717, 1.165) is 0 Å². The first-order chi connectivity index (χ1) is 13.0. The predicted octanol–water partition coefficient (Wildman–Crippen LogP) is 1.41. The van der Waals surface area contributed by atoms with Crippen LogP contribution in [0.3, 0.4) is 0 Å². The molecule has 9 heteroatoms. The summed E-state index contributed by atoms with van der Waals surface area (Å²) in [4.78, 5) is 24.1. The first-order valence-corrected chi connectivity index (χ1v) is 7.81. The average molecular weight is 368 g/mol. The highest BCUT2D eigenvalue weighted by molar-refractivity contribution is 6.04. The van der Waals surface area contributed by atoms with E-state index in [-0.39, 0.29) is 28.5 Å². The number of hydrogen-bond donors (Lipinski definition) is 3. The van der Waals surface area contributed by atoms with E-state index in [9.17, 15) is 14.7 Å². The maximum atomic E-state index is 12.4. The number of methoxy groups -OCH3 is 2. The van der Waals surface area contributed by atoms with Gasteiger partial charge in [0.2, 0.25) is 5.75 Å². The molecule has 0 atom stereocenters. The molecule has 3 aromatic rings. The van der Waals surface area contributed by atoms with E-state index in [2.05, 4.69) is 20.7 Å². The molecule has 3 N–H and O–H groups in total. The third-order valence-corrected chi connectivity index (χ3v) is 3.79. The standard InChI is InChI=1S/C18H16N4O5/c1-26-13-7-10(8-14(27-2)16(13)23)9-19-21-18(25)15-11-5-3-4-6-12(11)17(24)22-20-15/h3-9,23H,1-2H3,(H,21,25)(H,22,24)/b19-9+. The number of ether oxygens (including phenoxy) is 2. The Labute approximate surface area is 153 Å². The topological polar surface area (TPSA) is 126 Å². The van der Waals surface area contributed by atoms with Crippen molar-refractivity contribution in [3.8, 4) is 17.2 Å². The Kier molecular flexibility index (Phi) is 5.02. The number of carbonyl (C=O) groups excluding carboxylic acids is 1. The van der Waals surface area contributed by atoms with Crippen LogP contribution in [0.1, 0.15) is 16.1 Å². The van der Waals surface area contributed by atoms with E-state index >= 15 is 0 Å². The molecule has 0 aliphatic carbocycles. The van der Waals surface area contributed by atoms with Gasteiger partial charge >= 0.3 is 0 Å². The normalized spacial score (nSPS) is 10.9. The van der Waals surface area contributed by atoms with Gasteiger partial charge < -0.3 is 14.6 Å². The Bertz CT molecular complexity index is 1070. The lowest BCUT2D eigenvalue weighted by molar-refractivity contribution is 0.0951. The number of phenols is 1. The van der Waals surface area contributed by atoms with Gasteiger partial charge in [0.15, 0.2) is 17.2 Å². The lowest BCUT2D eigenvalue weighted by Crippen LogP contribution is -2.22. The third kappa shape index (κ3) is 3.56. The third-order valence-electron chi connectivity index (χ3n) is 3.79. The molecule has 0 unspecified atom stereocenters. The van der Waals surface area contributed by atoms with Crippen molar-refractivity contribution >= 4 is 22.9 Å². The minimum atomic E-state index is -0.587. The van der Waals surface area contributed by atoms with E-state index in [0.29, 0.717) is 16.3 Å². The van der Waals surface area contributed by atoms with E-state index in [1.54, 1.807) is 24.3 Å². The van der Waals surface area contributed by atoms with Gasteiger partial charge in [-0.3, -0.25) is 9.59 Å². The van der Waals surface area contributed by atoms with E-state index in [1.165, 1.54) is 32.6 Å². The average Bonchev–Trinajstić information content (AvgIpc) is 2.69. The Morgan fingerprint density at radius 1 is 1.19 bits per heavy atom. The minimum absolute atomic E-state index is 0.0446. The molecule has 0 spiro atoms. The molecule has 3 rings (SSSR count). The number of rotatable bonds is 5. The maximum absolute atomic E-state index is 12.4. The number of benzene rings is 2. The van der Waals surface area contributed by atoms with Gasteiger partial charge in [-0.05, 0) is 18.2 Å². The molecule has 0 saturated heterocycles. The molecule has 0 saturated carbocycles. The van der Waals surface area contributed by atoms with Crippen molar-refractivity contribution in [2.45, 2.75) is 0 Å². The number of aromatic hydroxyl groups is 1. The summed E-state index contributed by atoms with van der Waals surface area (Å²) in [5.41, 5.74) is 2.54. The van der Waals surface area contributed by atoms with Crippen LogP contribution in [-0.2, 0) is 0 Å². The van der Waals surface area contributed by atoms with Crippen molar-refractivity contribution in [1.82, 2.24) is 15.6 Å². The molecule has 0 bridgehead atoms. The summed E-state index contributed by atoms with van der Waals surface area (Å²) < 4.78 is 10.1. The smallest absolute Gasteiger partial charge is 0.292 e. The van der Waals surface area contributed by atoms with Crippen LogP contribution in [0.4, 0.5) is 0 Å². The molecular weight excluding hydrogens is 352 g/mol. The van der Waals surface area contributed by atoms with E-state index < -0.39 is 5.91 Å². The Morgan fingerprint density at radius 3 is 2.44 bits per heavy atom. The summed E-state index contributed by atoms with van der Waals surface area (Å²) in [6.45, 7) is 0. The maximum Gasteiger partial charge on any atom is 0.292 e. The molecule has 27 heavy (non-hydrogen) atoms. The highest BCUT2D eigenvalue weighted by Crippen LogP contribution is 2.36. The highest BCUT2D eigenvalue weighted by Gasteiger charge is 2.13. The number of fused-ring (bicyclic) bond motifs is 1. The van der Waals surface area contributed by atoms with Gasteiger partial charge in [-0.25, -0.2) is 10.5 Å². The quantitative estimate of drug-likeness (QED) is 0.462. The molecule has 1 aromatic heterocycles. The molecule has 138 valence electrons. The second-order valence-electron chi connectivity index (χ2n) is 5.42. The van der Waals surface area contributed by atoms with Gasteiger partial charge in [-0.2, -0.15) is 10.2 Å². The second-order valence-corrected chi connectivity index (χ2v) is 5.42. The van der Waals surface area contributed by atoms with Crippen LogP contribution in [0, 0.1) is 0 Å². The van der Waals surface area contributed by atoms with E-state index in [4.69, 9.17) is 9.47 Å². The first-order valence-electron chi connectivity index (χ1n) is 7.81. The van der Waals surface area contributed by atoms with Gasteiger partial charge in [-0.1, -0.05) is 18.2 Å². The van der Waals surface area contributed by atoms with Gasteiger partial charge in [0.05, 0.1) is 25.8 Å². The number of H-pyrrole nitrogens is 1. The lowest BCUT2D eigenvalue weighted by atomic mass is 10.1. The molecule has 0 radical (unpaired) electrons. The zero-order chi connectivity index (χ0) is 19.4. The number of nitrogens with one attached hydrogen (secondary N) is 2. The molecule has 1 heterocycles. The first kappa shape index (κ1) is 17.9. The summed E-state index contributed by atoms with van der Waals surface area (Å²) in [5, 5.41) is 20.6. The molecular formula is C18H16N4O5. The number of aromatic amines is 1. The lowest BCUT2D eigenvalue weighted by Gasteiger charge is -2.09. The van der Waals surface area contributed by atoms with Crippen molar-refractivity contribution < 1.29 is 19.4 Å². The monoisotopic (exact) mass is 368 g/mol. The summed E-state index contributed by atoms with van der Waals surface area (Å²) in [5.74, 6) is -0.313. The second kappa shape index (κ2) is 7.56. The van der Waals surface area contributed by atoms with Gasteiger partial charge in [0.1, 0.15) is 0 Å². The van der Waals surface area contributed by atoms with Crippen molar-refractivity contribution in [2.24, 2.45) is 5.10 Å². The van der Waals surface area contributed by atoms with Crippen molar-refractivity contribution in [2.75, 3.05) is 14.2 Å². The summed E-state index contributed by atoms with van der Waals surface area (Å²) in [6.07, 6.45) is 1.36. The van der Waals surface area contributed by atoms with Gasteiger partial charge in [0.25, 0.3) is 11.5 Å². The van der Waals surface area contributed by atoms with Crippen LogP contribution in [0.2, 0.25) is 0 Å². The number of aromatic nitrogens is 2. The molecule has 2 aromatic carbocycles. The molecule has 0 fully saturated rings. The number of nitrogens with zero attached hydrogens (tertiary/aromatic N) is 2. The zero-order valence-electron chi connectivity index (χ0n) is 14.5. The Hall–Kier alpha value is -3.88. The number of hydrazone groups is 1. The van der Waals surface area contributed by atoms with Crippen LogP contribution in [0.15, 0.2) is 46.3 Å².